The average Bonchev–Trinajstić information content (AvgIpc) is 2.38. The van der Waals surface area contributed by atoms with Crippen LogP contribution in [0.4, 0.5) is 0 Å². The van der Waals surface area contributed by atoms with Crippen LogP contribution in [0.1, 0.15) is 40.8 Å². The minimum Gasteiger partial charge on any atom is -0.466 e. The molecule has 78 valence electrons. The molecule has 0 aliphatic carbocycles. The Morgan fingerprint density at radius 3 is 2.36 bits per heavy atom. The maximum atomic E-state index is 11.7. The van der Waals surface area contributed by atoms with Crippen molar-refractivity contribution in [2.75, 3.05) is 6.54 Å². The molecule has 0 saturated carbocycles. The zero-order valence-corrected chi connectivity index (χ0v) is 9.23. The second-order valence-electron chi connectivity index (χ2n) is 3.47. The molecule has 1 heterocycles. The van der Waals surface area contributed by atoms with Crippen LogP contribution in [0.5, 0.6) is 0 Å². The largest absolute Gasteiger partial charge is 0.466 e. The normalized spacial score (nSPS) is 10.3. The second kappa shape index (κ2) is 4.31. The molecule has 0 aliphatic heterocycles. The third-order valence-corrected chi connectivity index (χ3v) is 2.32. The van der Waals surface area contributed by atoms with E-state index in [-0.39, 0.29) is 5.91 Å². The van der Waals surface area contributed by atoms with Crippen LogP contribution in [-0.2, 0) is 0 Å². The lowest BCUT2D eigenvalue weighted by molar-refractivity contribution is 0.0951. The van der Waals surface area contributed by atoms with E-state index in [1.54, 1.807) is 0 Å². The SMILES string of the molecule is CCCNC(=O)c1c(C)oc(C)c1C. The number of carbonyl (C=O) groups is 1. The van der Waals surface area contributed by atoms with Crippen molar-refractivity contribution >= 4 is 5.91 Å². The Labute approximate surface area is 84.5 Å². The Morgan fingerprint density at radius 2 is 1.93 bits per heavy atom. The van der Waals surface area contributed by atoms with Crippen molar-refractivity contribution in [3.8, 4) is 0 Å². The van der Waals surface area contributed by atoms with E-state index in [9.17, 15) is 4.79 Å². The molecule has 0 atom stereocenters. The Bertz CT molecular complexity index is 339. The molecule has 0 unspecified atom stereocenters. The average molecular weight is 195 g/mol. The van der Waals surface area contributed by atoms with E-state index in [4.69, 9.17) is 4.42 Å². The number of carbonyl (C=O) groups excluding carboxylic acids is 1. The van der Waals surface area contributed by atoms with Crippen LogP contribution >= 0.6 is 0 Å². The summed E-state index contributed by atoms with van der Waals surface area (Å²) in [6, 6.07) is 0. The zero-order chi connectivity index (χ0) is 10.7. The molecule has 1 rings (SSSR count). The molecule has 3 heteroatoms. The fraction of sp³-hybridized carbons (Fsp3) is 0.545. The first-order valence-corrected chi connectivity index (χ1v) is 4.92. The van der Waals surface area contributed by atoms with Crippen molar-refractivity contribution < 1.29 is 9.21 Å². The molecule has 14 heavy (non-hydrogen) atoms. The highest BCUT2D eigenvalue weighted by atomic mass is 16.3. The van der Waals surface area contributed by atoms with Crippen molar-refractivity contribution in [2.45, 2.75) is 34.1 Å². The van der Waals surface area contributed by atoms with E-state index in [0.717, 1.165) is 17.7 Å². The van der Waals surface area contributed by atoms with Gasteiger partial charge in [-0.3, -0.25) is 4.79 Å². The lowest BCUT2D eigenvalue weighted by Crippen LogP contribution is -2.24. The summed E-state index contributed by atoms with van der Waals surface area (Å²) < 4.78 is 5.39. The van der Waals surface area contributed by atoms with Gasteiger partial charge in [-0.05, 0) is 27.2 Å². The maximum Gasteiger partial charge on any atom is 0.255 e. The fourth-order valence-electron chi connectivity index (χ4n) is 1.45. The predicted octanol–water partition coefficient (Wildman–Crippen LogP) is 2.34. The van der Waals surface area contributed by atoms with Gasteiger partial charge in [-0.25, -0.2) is 0 Å². The molecule has 1 aromatic rings. The molecule has 0 aliphatic rings. The van der Waals surface area contributed by atoms with E-state index in [2.05, 4.69) is 5.32 Å². The highest BCUT2D eigenvalue weighted by Crippen LogP contribution is 2.20. The van der Waals surface area contributed by atoms with Crippen LogP contribution in [0.15, 0.2) is 4.42 Å². The van der Waals surface area contributed by atoms with Gasteiger partial charge in [0, 0.05) is 12.1 Å². The number of hydrogen-bond acceptors (Lipinski definition) is 2. The molecule has 0 aromatic carbocycles. The third-order valence-electron chi connectivity index (χ3n) is 2.32. The molecule has 1 N–H and O–H groups in total. The molecule has 0 bridgehead atoms. The van der Waals surface area contributed by atoms with Crippen LogP contribution in [0, 0.1) is 20.8 Å². The Balaban J connectivity index is 2.89. The number of rotatable bonds is 3. The highest BCUT2D eigenvalue weighted by Gasteiger charge is 2.17. The molecular weight excluding hydrogens is 178 g/mol. The quantitative estimate of drug-likeness (QED) is 0.804. The number of aryl methyl sites for hydroxylation is 2. The minimum absolute atomic E-state index is 0.0290. The standard InChI is InChI=1S/C11H17NO2/c1-5-6-12-11(13)10-7(2)8(3)14-9(10)4/h5-6H2,1-4H3,(H,12,13). The summed E-state index contributed by atoms with van der Waals surface area (Å²) >= 11 is 0. The van der Waals surface area contributed by atoms with E-state index in [1.165, 1.54) is 0 Å². The van der Waals surface area contributed by atoms with Crippen LogP contribution in [0.2, 0.25) is 0 Å². The number of nitrogens with one attached hydrogen (secondary N) is 1. The molecule has 0 fully saturated rings. The van der Waals surface area contributed by atoms with Gasteiger partial charge in [0.25, 0.3) is 5.91 Å². The maximum absolute atomic E-state index is 11.7. The Morgan fingerprint density at radius 1 is 1.29 bits per heavy atom. The monoisotopic (exact) mass is 195 g/mol. The second-order valence-corrected chi connectivity index (χ2v) is 3.47. The summed E-state index contributed by atoms with van der Waals surface area (Å²) in [5.74, 6) is 1.50. The summed E-state index contributed by atoms with van der Waals surface area (Å²) in [5.41, 5.74) is 1.63. The lowest BCUT2D eigenvalue weighted by atomic mass is 10.1. The van der Waals surface area contributed by atoms with Crippen LogP contribution in [0.25, 0.3) is 0 Å². The van der Waals surface area contributed by atoms with E-state index < -0.39 is 0 Å². The summed E-state index contributed by atoms with van der Waals surface area (Å²) in [4.78, 5) is 11.7. The van der Waals surface area contributed by atoms with Gasteiger partial charge in [-0.2, -0.15) is 0 Å². The third kappa shape index (κ3) is 1.97. The van der Waals surface area contributed by atoms with E-state index >= 15 is 0 Å². The summed E-state index contributed by atoms with van der Waals surface area (Å²) in [5, 5.41) is 2.84. The molecule has 0 saturated heterocycles. The van der Waals surface area contributed by atoms with Gasteiger partial charge in [-0.1, -0.05) is 6.92 Å². The van der Waals surface area contributed by atoms with Gasteiger partial charge in [0.1, 0.15) is 11.5 Å². The van der Waals surface area contributed by atoms with Crippen molar-refractivity contribution in [1.29, 1.82) is 0 Å². The molecule has 3 nitrogen and oxygen atoms in total. The smallest absolute Gasteiger partial charge is 0.255 e. The van der Waals surface area contributed by atoms with Crippen molar-refractivity contribution in [3.05, 3.63) is 22.6 Å². The topological polar surface area (TPSA) is 42.2 Å². The summed E-state index contributed by atoms with van der Waals surface area (Å²) in [6.07, 6.45) is 0.945. The molecular formula is C11H17NO2. The first-order valence-electron chi connectivity index (χ1n) is 4.92. The van der Waals surface area contributed by atoms with Gasteiger partial charge in [0.2, 0.25) is 0 Å². The number of hydrogen-bond donors (Lipinski definition) is 1. The van der Waals surface area contributed by atoms with Crippen LogP contribution < -0.4 is 5.32 Å². The molecule has 0 radical (unpaired) electrons. The molecule has 0 spiro atoms. The Hall–Kier alpha value is -1.25. The summed E-state index contributed by atoms with van der Waals surface area (Å²) in [7, 11) is 0. The van der Waals surface area contributed by atoms with E-state index in [0.29, 0.717) is 17.9 Å². The highest BCUT2D eigenvalue weighted by molar-refractivity contribution is 5.96. The van der Waals surface area contributed by atoms with Crippen molar-refractivity contribution in [1.82, 2.24) is 5.32 Å². The van der Waals surface area contributed by atoms with Gasteiger partial charge in [0.05, 0.1) is 5.56 Å². The predicted molar refractivity (Wildman–Crippen MR) is 55.5 cm³/mol. The van der Waals surface area contributed by atoms with Crippen LogP contribution in [0.3, 0.4) is 0 Å². The first kappa shape index (κ1) is 10.8. The molecule has 1 amide bonds. The van der Waals surface area contributed by atoms with Gasteiger partial charge in [-0.15, -0.1) is 0 Å². The Kier molecular flexibility index (Phi) is 3.33. The van der Waals surface area contributed by atoms with Gasteiger partial charge < -0.3 is 9.73 Å². The van der Waals surface area contributed by atoms with Gasteiger partial charge >= 0.3 is 0 Å². The van der Waals surface area contributed by atoms with Crippen molar-refractivity contribution in [2.24, 2.45) is 0 Å². The number of furan rings is 1. The lowest BCUT2D eigenvalue weighted by Gasteiger charge is -2.02. The van der Waals surface area contributed by atoms with Crippen LogP contribution in [-0.4, -0.2) is 12.5 Å². The number of amides is 1. The van der Waals surface area contributed by atoms with E-state index in [1.807, 2.05) is 27.7 Å². The summed E-state index contributed by atoms with van der Waals surface area (Å²) in [6.45, 7) is 8.34. The zero-order valence-electron chi connectivity index (χ0n) is 9.23. The van der Waals surface area contributed by atoms with Crippen molar-refractivity contribution in [3.63, 3.8) is 0 Å². The van der Waals surface area contributed by atoms with Gasteiger partial charge in [0.15, 0.2) is 0 Å². The fourth-order valence-corrected chi connectivity index (χ4v) is 1.45. The minimum atomic E-state index is -0.0290. The first-order chi connectivity index (χ1) is 6.57. The molecule has 1 aromatic heterocycles.